The fourth-order valence-corrected chi connectivity index (χ4v) is 3.05. The van der Waals surface area contributed by atoms with Crippen LogP contribution < -0.4 is 10.1 Å². The van der Waals surface area contributed by atoms with Crippen LogP contribution in [0.3, 0.4) is 0 Å². The van der Waals surface area contributed by atoms with Crippen molar-refractivity contribution < 1.29 is 4.74 Å². The summed E-state index contributed by atoms with van der Waals surface area (Å²) in [7, 11) is 1.67. The van der Waals surface area contributed by atoms with Crippen LogP contribution in [-0.2, 0) is 0 Å². The van der Waals surface area contributed by atoms with Gasteiger partial charge in [0.05, 0.1) is 18.8 Å². The van der Waals surface area contributed by atoms with Crippen LogP contribution in [0.4, 0.5) is 5.13 Å². The Labute approximate surface area is 134 Å². The molecule has 0 saturated heterocycles. The number of nitrogens with one attached hydrogen (secondary N) is 1. The number of anilines is 1. The number of rotatable bonds is 5. The van der Waals surface area contributed by atoms with E-state index in [1.165, 1.54) is 5.56 Å². The normalized spacial score (nSPS) is 11.9. The molecule has 0 fully saturated rings. The highest BCUT2D eigenvalue weighted by atomic mass is 32.1. The van der Waals surface area contributed by atoms with E-state index in [1.807, 2.05) is 30.3 Å². The van der Waals surface area contributed by atoms with E-state index in [4.69, 9.17) is 4.74 Å². The van der Waals surface area contributed by atoms with Gasteiger partial charge in [-0.15, -0.1) is 11.3 Å². The van der Waals surface area contributed by atoms with Gasteiger partial charge in [-0.3, -0.25) is 0 Å². The lowest BCUT2D eigenvalue weighted by atomic mass is 10.1. The molecule has 0 bridgehead atoms. The van der Waals surface area contributed by atoms with Gasteiger partial charge < -0.3 is 10.1 Å². The molecule has 0 radical (unpaired) electrons. The van der Waals surface area contributed by atoms with Gasteiger partial charge in [0.25, 0.3) is 0 Å². The minimum atomic E-state index is 0.232. The maximum atomic E-state index is 5.18. The summed E-state index contributed by atoms with van der Waals surface area (Å²) in [6.07, 6.45) is 0. The number of thiazole rings is 1. The molecule has 22 heavy (non-hydrogen) atoms. The summed E-state index contributed by atoms with van der Waals surface area (Å²) in [5.74, 6) is 0.857. The predicted octanol–water partition coefficient (Wildman–Crippen LogP) is 4.99. The third kappa shape index (κ3) is 3.28. The molecular formula is C18H18N2OS. The summed E-state index contributed by atoms with van der Waals surface area (Å²) in [6, 6.07) is 18.6. The average Bonchev–Trinajstić information content (AvgIpc) is 3.04. The topological polar surface area (TPSA) is 34.1 Å². The van der Waals surface area contributed by atoms with Crippen LogP contribution >= 0.6 is 11.3 Å². The number of methoxy groups -OCH3 is 1. The second-order valence-corrected chi connectivity index (χ2v) is 5.90. The van der Waals surface area contributed by atoms with Crippen molar-refractivity contribution in [3.63, 3.8) is 0 Å². The van der Waals surface area contributed by atoms with Crippen LogP contribution in [0.2, 0.25) is 0 Å². The number of aromatic nitrogens is 1. The molecule has 1 atom stereocenters. The average molecular weight is 310 g/mol. The Hall–Kier alpha value is -2.33. The fraction of sp³-hybridized carbons (Fsp3) is 0.167. The summed E-state index contributed by atoms with van der Waals surface area (Å²) in [5.41, 5.74) is 3.33. The molecular weight excluding hydrogens is 292 g/mol. The Kier molecular flexibility index (Phi) is 4.39. The van der Waals surface area contributed by atoms with Gasteiger partial charge >= 0.3 is 0 Å². The van der Waals surface area contributed by atoms with Crippen molar-refractivity contribution >= 4 is 16.5 Å². The van der Waals surface area contributed by atoms with E-state index < -0.39 is 0 Å². The molecule has 1 N–H and O–H groups in total. The highest BCUT2D eigenvalue weighted by Crippen LogP contribution is 2.28. The van der Waals surface area contributed by atoms with Crippen molar-refractivity contribution in [3.8, 4) is 17.0 Å². The minimum Gasteiger partial charge on any atom is -0.497 e. The molecule has 0 aliphatic heterocycles. The largest absolute Gasteiger partial charge is 0.497 e. The predicted molar refractivity (Wildman–Crippen MR) is 92.6 cm³/mol. The van der Waals surface area contributed by atoms with Gasteiger partial charge in [-0.05, 0) is 36.8 Å². The summed E-state index contributed by atoms with van der Waals surface area (Å²) in [4.78, 5) is 4.67. The van der Waals surface area contributed by atoms with Crippen LogP contribution in [0.5, 0.6) is 5.75 Å². The van der Waals surface area contributed by atoms with Crippen molar-refractivity contribution in [2.45, 2.75) is 13.0 Å². The van der Waals surface area contributed by atoms with Gasteiger partial charge in [-0.2, -0.15) is 0 Å². The molecule has 0 aliphatic rings. The van der Waals surface area contributed by atoms with E-state index in [9.17, 15) is 0 Å². The lowest BCUT2D eigenvalue weighted by Crippen LogP contribution is -2.05. The van der Waals surface area contributed by atoms with Gasteiger partial charge in [-0.1, -0.05) is 30.3 Å². The Balaban J connectivity index is 1.73. The van der Waals surface area contributed by atoms with Gasteiger partial charge in [-0.25, -0.2) is 4.98 Å². The van der Waals surface area contributed by atoms with Crippen molar-refractivity contribution in [2.24, 2.45) is 0 Å². The van der Waals surface area contributed by atoms with Gasteiger partial charge in [0.2, 0.25) is 0 Å². The van der Waals surface area contributed by atoms with E-state index in [2.05, 4.69) is 46.9 Å². The number of benzene rings is 2. The molecule has 3 rings (SSSR count). The first-order valence-corrected chi connectivity index (χ1v) is 8.05. The zero-order chi connectivity index (χ0) is 15.4. The van der Waals surface area contributed by atoms with E-state index in [0.29, 0.717) is 0 Å². The quantitative estimate of drug-likeness (QED) is 0.720. The molecule has 0 spiro atoms. The highest BCUT2D eigenvalue weighted by Gasteiger charge is 2.09. The summed E-state index contributed by atoms with van der Waals surface area (Å²) < 4.78 is 5.18. The Morgan fingerprint density at radius 3 is 2.45 bits per heavy atom. The summed E-state index contributed by atoms with van der Waals surface area (Å²) >= 11 is 1.62. The first-order valence-electron chi connectivity index (χ1n) is 7.17. The van der Waals surface area contributed by atoms with Gasteiger partial charge in [0.15, 0.2) is 5.13 Å². The SMILES string of the molecule is COc1ccc(-c2csc(NC(C)c3ccccc3)n2)cc1. The molecule has 1 heterocycles. The molecule has 4 heteroatoms. The van der Waals surface area contributed by atoms with Crippen LogP contribution in [-0.4, -0.2) is 12.1 Å². The zero-order valence-electron chi connectivity index (χ0n) is 12.6. The smallest absolute Gasteiger partial charge is 0.183 e. The molecule has 1 aromatic heterocycles. The molecule has 112 valence electrons. The Morgan fingerprint density at radius 1 is 1.05 bits per heavy atom. The minimum absolute atomic E-state index is 0.232. The Bertz CT molecular complexity index is 722. The van der Waals surface area contributed by atoms with E-state index >= 15 is 0 Å². The lowest BCUT2D eigenvalue weighted by molar-refractivity contribution is 0.415. The number of hydrogen-bond acceptors (Lipinski definition) is 4. The van der Waals surface area contributed by atoms with Crippen LogP contribution in [0.1, 0.15) is 18.5 Å². The number of nitrogens with zero attached hydrogens (tertiary/aromatic N) is 1. The summed E-state index contributed by atoms with van der Waals surface area (Å²) in [6.45, 7) is 2.14. The Morgan fingerprint density at radius 2 is 1.77 bits per heavy atom. The van der Waals surface area contributed by atoms with Crippen molar-refractivity contribution in [1.29, 1.82) is 0 Å². The number of ether oxygens (including phenoxy) is 1. The molecule has 0 aliphatic carbocycles. The van der Waals surface area contributed by atoms with Crippen molar-refractivity contribution in [1.82, 2.24) is 4.98 Å². The zero-order valence-corrected chi connectivity index (χ0v) is 13.4. The maximum Gasteiger partial charge on any atom is 0.183 e. The first kappa shape index (κ1) is 14.6. The molecule has 0 saturated carbocycles. The molecule has 3 nitrogen and oxygen atoms in total. The molecule has 2 aromatic carbocycles. The second kappa shape index (κ2) is 6.62. The van der Waals surface area contributed by atoms with Gasteiger partial charge in [0, 0.05) is 10.9 Å². The highest BCUT2D eigenvalue weighted by molar-refractivity contribution is 7.14. The van der Waals surface area contributed by atoms with E-state index in [1.54, 1.807) is 18.4 Å². The van der Waals surface area contributed by atoms with Crippen LogP contribution in [0.15, 0.2) is 60.0 Å². The number of hydrogen-bond donors (Lipinski definition) is 1. The van der Waals surface area contributed by atoms with Crippen molar-refractivity contribution in [2.75, 3.05) is 12.4 Å². The van der Waals surface area contributed by atoms with Crippen LogP contribution in [0.25, 0.3) is 11.3 Å². The monoisotopic (exact) mass is 310 g/mol. The first-order chi connectivity index (χ1) is 10.8. The third-order valence-corrected chi connectivity index (χ3v) is 4.30. The standard InChI is InChI=1S/C18H18N2OS/c1-13(14-6-4-3-5-7-14)19-18-20-17(12-22-18)15-8-10-16(21-2)11-9-15/h3-13H,1-2H3,(H,19,20). The third-order valence-electron chi connectivity index (χ3n) is 3.53. The van der Waals surface area contributed by atoms with E-state index in [-0.39, 0.29) is 6.04 Å². The van der Waals surface area contributed by atoms with E-state index in [0.717, 1.165) is 22.1 Å². The molecule has 1 unspecified atom stereocenters. The lowest BCUT2D eigenvalue weighted by Gasteiger charge is -2.12. The molecule has 0 amide bonds. The molecule has 3 aromatic rings. The maximum absolute atomic E-state index is 5.18. The fourth-order valence-electron chi connectivity index (χ4n) is 2.24. The second-order valence-electron chi connectivity index (χ2n) is 5.04. The van der Waals surface area contributed by atoms with Gasteiger partial charge in [0.1, 0.15) is 5.75 Å². The summed E-state index contributed by atoms with van der Waals surface area (Å²) in [5, 5.41) is 6.46. The van der Waals surface area contributed by atoms with Crippen molar-refractivity contribution in [3.05, 3.63) is 65.5 Å². The van der Waals surface area contributed by atoms with Crippen LogP contribution in [0, 0.1) is 0 Å².